The Balaban J connectivity index is 2.01. The average Bonchev–Trinajstić information content (AvgIpc) is 2.64. The second kappa shape index (κ2) is 4.91. The van der Waals surface area contributed by atoms with Crippen molar-refractivity contribution in [1.82, 2.24) is 5.32 Å². The van der Waals surface area contributed by atoms with Crippen LogP contribution >= 0.6 is 0 Å². The fourth-order valence-electron chi connectivity index (χ4n) is 2.74. The standard InChI is InChI=1S/C11H17NO5/c1-16-11(15)12-9(10(13)14)6-4-7-2-3-8(5-6)17-7/h6-9H,2-5H2,1H3,(H,12,15)(H,13,14)/t6?,7-,8+,9-/m0/s1. The first-order chi connectivity index (χ1) is 8.10. The summed E-state index contributed by atoms with van der Waals surface area (Å²) in [6, 6.07) is -0.880. The molecule has 96 valence electrons. The molecule has 6 heteroatoms. The first-order valence-electron chi connectivity index (χ1n) is 5.83. The van der Waals surface area contributed by atoms with Crippen LogP contribution in [-0.4, -0.2) is 42.5 Å². The molecular weight excluding hydrogens is 226 g/mol. The lowest BCUT2D eigenvalue weighted by atomic mass is 9.88. The molecule has 0 aromatic heterocycles. The molecule has 0 aromatic carbocycles. The maximum atomic E-state index is 11.2. The number of hydrogen-bond acceptors (Lipinski definition) is 4. The molecule has 2 bridgehead atoms. The van der Waals surface area contributed by atoms with Gasteiger partial charge in [0.05, 0.1) is 19.3 Å². The summed E-state index contributed by atoms with van der Waals surface area (Å²) < 4.78 is 10.1. The van der Waals surface area contributed by atoms with E-state index in [2.05, 4.69) is 10.1 Å². The number of carbonyl (C=O) groups is 2. The van der Waals surface area contributed by atoms with Gasteiger partial charge in [-0.3, -0.25) is 0 Å². The van der Waals surface area contributed by atoms with Gasteiger partial charge in [0.2, 0.25) is 0 Å². The topological polar surface area (TPSA) is 84.9 Å². The lowest BCUT2D eigenvalue weighted by Crippen LogP contribution is -2.48. The normalized spacial score (nSPS) is 32.9. The highest BCUT2D eigenvalue weighted by molar-refractivity contribution is 5.80. The molecular formula is C11H17NO5. The predicted molar refractivity (Wildman–Crippen MR) is 57.6 cm³/mol. The van der Waals surface area contributed by atoms with Gasteiger partial charge < -0.3 is 19.9 Å². The summed E-state index contributed by atoms with van der Waals surface area (Å²) in [4.78, 5) is 22.3. The minimum Gasteiger partial charge on any atom is -0.480 e. The molecule has 2 saturated heterocycles. The number of carboxylic acids is 1. The first kappa shape index (κ1) is 12.2. The van der Waals surface area contributed by atoms with Crippen LogP contribution in [0.4, 0.5) is 4.79 Å². The van der Waals surface area contributed by atoms with E-state index in [1.807, 2.05) is 0 Å². The first-order valence-corrected chi connectivity index (χ1v) is 5.83. The highest BCUT2D eigenvalue weighted by atomic mass is 16.5. The third kappa shape index (κ3) is 2.69. The van der Waals surface area contributed by atoms with E-state index in [1.165, 1.54) is 7.11 Å². The fraction of sp³-hybridized carbons (Fsp3) is 0.818. The lowest BCUT2D eigenvalue weighted by Gasteiger charge is -2.32. The van der Waals surface area contributed by atoms with Crippen molar-refractivity contribution in [3.8, 4) is 0 Å². The highest BCUT2D eigenvalue weighted by Crippen LogP contribution is 2.37. The van der Waals surface area contributed by atoms with E-state index in [0.717, 1.165) is 12.8 Å². The van der Waals surface area contributed by atoms with Gasteiger partial charge in [-0.1, -0.05) is 0 Å². The Morgan fingerprint density at radius 3 is 2.41 bits per heavy atom. The van der Waals surface area contributed by atoms with E-state index in [-0.39, 0.29) is 18.1 Å². The predicted octanol–water partition coefficient (Wildman–Crippen LogP) is 0.753. The number of alkyl carbamates (subject to hydrolysis) is 1. The fourth-order valence-corrected chi connectivity index (χ4v) is 2.74. The third-order valence-electron chi connectivity index (χ3n) is 3.52. The van der Waals surface area contributed by atoms with E-state index < -0.39 is 18.1 Å². The van der Waals surface area contributed by atoms with E-state index in [9.17, 15) is 9.59 Å². The van der Waals surface area contributed by atoms with E-state index in [1.54, 1.807) is 0 Å². The van der Waals surface area contributed by atoms with Crippen LogP contribution in [0.15, 0.2) is 0 Å². The molecule has 17 heavy (non-hydrogen) atoms. The molecule has 2 heterocycles. The van der Waals surface area contributed by atoms with Crippen molar-refractivity contribution in [2.75, 3.05) is 7.11 Å². The molecule has 4 atom stereocenters. The Morgan fingerprint density at radius 2 is 1.94 bits per heavy atom. The molecule has 2 aliphatic heterocycles. The van der Waals surface area contributed by atoms with Gasteiger partial charge in [-0.25, -0.2) is 9.59 Å². The minimum atomic E-state index is -1.01. The summed E-state index contributed by atoms with van der Waals surface area (Å²) in [7, 11) is 1.22. The van der Waals surface area contributed by atoms with Crippen LogP contribution in [0.5, 0.6) is 0 Å². The molecule has 2 rings (SSSR count). The van der Waals surface area contributed by atoms with Gasteiger partial charge in [0.1, 0.15) is 6.04 Å². The maximum absolute atomic E-state index is 11.2. The molecule has 2 N–H and O–H groups in total. The molecule has 1 amide bonds. The van der Waals surface area contributed by atoms with Crippen LogP contribution in [0.25, 0.3) is 0 Å². The molecule has 1 unspecified atom stereocenters. The number of carbonyl (C=O) groups excluding carboxylic acids is 1. The molecule has 0 aliphatic carbocycles. The van der Waals surface area contributed by atoms with Crippen LogP contribution in [0.2, 0.25) is 0 Å². The highest BCUT2D eigenvalue weighted by Gasteiger charge is 2.41. The second-order valence-electron chi connectivity index (χ2n) is 4.64. The van der Waals surface area contributed by atoms with Gasteiger partial charge in [-0.05, 0) is 31.6 Å². The molecule has 6 nitrogen and oxygen atoms in total. The Kier molecular flexibility index (Phi) is 3.51. The van der Waals surface area contributed by atoms with Crippen molar-refractivity contribution in [1.29, 1.82) is 0 Å². The quantitative estimate of drug-likeness (QED) is 0.764. The van der Waals surface area contributed by atoms with Gasteiger partial charge in [-0.2, -0.15) is 0 Å². The zero-order valence-corrected chi connectivity index (χ0v) is 9.72. The summed E-state index contributed by atoms with van der Waals surface area (Å²) in [6.07, 6.45) is 2.98. The molecule has 0 saturated carbocycles. The zero-order chi connectivity index (χ0) is 12.4. The smallest absolute Gasteiger partial charge is 0.407 e. The summed E-state index contributed by atoms with van der Waals surface area (Å²) in [6.45, 7) is 0. The third-order valence-corrected chi connectivity index (χ3v) is 3.52. The summed E-state index contributed by atoms with van der Waals surface area (Å²) in [5, 5.41) is 11.5. The maximum Gasteiger partial charge on any atom is 0.407 e. The van der Waals surface area contributed by atoms with Crippen molar-refractivity contribution >= 4 is 12.1 Å². The van der Waals surface area contributed by atoms with Crippen LogP contribution in [-0.2, 0) is 14.3 Å². The number of hydrogen-bond donors (Lipinski definition) is 2. The van der Waals surface area contributed by atoms with Crippen molar-refractivity contribution in [2.45, 2.75) is 43.9 Å². The monoisotopic (exact) mass is 243 g/mol. The van der Waals surface area contributed by atoms with Gasteiger partial charge in [-0.15, -0.1) is 0 Å². The summed E-state index contributed by atoms with van der Waals surface area (Å²) in [5.41, 5.74) is 0. The summed E-state index contributed by atoms with van der Waals surface area (Å²) in [5.74, 6) is -1.08. The number of fused-ring (bicyclic) bond motifs is 2. The number of rotatable bonds is 3. The zero-order valence-electron chi connectivity index (χ0n) is 9.72. The van der Waals surface area contributed by atoms with Gasteiger partial charge >= 0.3 is 12.1 Å². The lowest BCUT2D eigenvalue weighted by molar-refractivity contribution is -0.142. The SMILES string of the molecule is COC(=O)N[C@H](C(=O)O)C1C[C@H]2CC[C@@H](C1)O2. The Morgan fingerprint density at radius 1 is 1.35 bits per heavy atom. The molecule has 2 fully saturated rings. The largest absolute Gasteiger partial charge is 0.480 e. The van der Waals surface area contributed by atoms with Crippen LogP contribution in [0.1, 0.15) is 25.7 Å². The molecule has 0 radical (unpaired) electrons. The van der Waals surface area contributed by atoms with E-state index in [0.29, 0.717) is 12.8 Å². The van der Waals surface area contributed by atoms with Crippen molar-refractivity contribution < 1.29 is 24.2 Å². The number of ether oxygens (including phenoxy) is 2. The van der Waals surface area contributed by atoms with Crippen LogP contribution in [0.3, 0.4) is 0 Å². The van der Waals surface area contributed by atoms with Crippen LogP contribution < -0.4 is 5.32 Å². The van der Waals surface area contributed by atoms with E-state index in [4.69, 9.17) is 9.84 Å². The minimum absolute atomic E-state index is 0.0714. The Hall–Kier alpha value is -1.30. The second-order valence-corrected chi connectivity index (χ2v) is 4.64. The average molecular weight is 243 g/mol. The summed E-state index contributed by atoms with van der Waals surface area (Å²) >= 11 is 0. The van der Waals surface area contributed by atoms with Gasteiger partial charge in [0.25, 0.3) is 0 Å². The number of nitrogens with one attached hydrogen (secondary N) is 1. The van der Waals surface area contributed by atoms with Crippen molar-refractivity contribution in [3.05, 3.63) is 0 Å². The van der Waals surface area contributed by atoms with Gasteiger partial charge in [0.15, 0.2) is 0 Å². The molecule has 0 aromatic rings. The Labute approximate surface area is 99.3 Å². The van der Waals surface area contributed by atoms with Gasteiger partial charge in [0, 0.05) is 0 Å². The number of amides is 1. The molecule has 2 aliphatic rings. The number of aliphatic carboxylic acids is 1. The number of carboxylic acid groups (broad SMARTS) is 1. The van der Waals surface area contributed by atoms with Crippen LogP contribution in [0, 0.1) is 5.92 Å². The van der Waals surface area contributed by atoms with Crippen molar-refractivity contribution in [2.24, 2.45) is 5.92 Å². The Bertz CT molecular complexity index is 307. The molecule has 0 spiro atoms. The van der Waals surface area contributed by atoms with E-state index >= 15 is 0 Å². The van der Waals surface area contributed by atoms with Crippen molar-refractivity contribution in [3.63, 3.8) is 0 Å². The number of methoxy groups -OCH3 is 1.